The summed E-state index contributed by atoms with van der Waals surface area (Å²) in [6.07, 6.45) is 0.645. The van der Waals surface area contributed by atoms with Crippen molar-refractivity contribution < 1.29 is 41.7 Å². The van der Waals surface area contributed by atoms with Crippen LogP contribution in [0.3, 0.4) is 0 Å². The smallest absolute Gasteiger partial charge is 0.388 e. The fourth-order valence-corrected chi connectivity index (χ4v) is 5.05. The number of carbonyl (C=O) groups is 1. The summed E-state index contributed by atoms with van der Waals surface area (Å²) < 4.78 is 73.9. The maximum atomic E-state index is 15.5. The van der Waals surface area contributed by atoms with Gasteiger partial charge in [0.25, 0.3) is 0 Å². The number of hydrogen-bond donors (Lipinski definition) is 1. The number of imidazole rings is 1. The number of halogens is 5. The molecule has 1 aliphatic rings. The average Bonchev–Trinajstić information content (AvgIpc) is 3.32. The second-order valence-corrected chi connectivity index (χ2v) is 10.5. The van der Waals surface area contributed by atoms with Gasteiger partial charge in [-0.1, -0.05) is 17.7 Å². The number of fused-ring (bicyclic) bond motifs is 1. The largest absolute Gasteiger partial charge is 0.478 e. The van der Waals surface area contributed by atoms with Crippen molar-refractivity contribution in [3.8, 4) is 23.0 Å². The zero-order chi connectivity index (χ0) is 31.7. The molecule has 9 nitrogen and oxygen atoms in total. The van der Waals surface area contributed by atoms with Crippen molar-refractivity contribution >= 4 is 28.6 Å². The highest BCUT2D eigenvalue weighted by atomic mass is 35.5. The first-order valence-corrected chi connectivity index (χ1v) is 14.0. The predicted molar refractivity (Wildman–Crippen MR) is 154 cm³/mol. The van der Waals surface area contributed by atoms with Crippen LogP contribution in [0.1, 0.15) is 33.7 Å². The molecule has 0 saturated carbocycles. The number of rotatable bonds is 11. The lowest BCUT2D eigenvalue weighted by Crippen LogP contribution is -2.31. The highest BCUT2D eigenvalue weighted by Gasteiger charge is 2.24. The van der Waals surface area contributed by atoms with Crippen LogP contribution in [0.4, 0.5) is 17.6 Å². The quantitative estimate of drug-likeness (QED) is 0.126. The molecule has 0 aliphatic carbocycles. The number of carboxylic acid groups (broad SMARTS) is 1. The Balaban J connectivity index is 1.25. The van der Waals surface area contributed by atoms with E-state index in [0.29, 0.717) is 30.0 Å². The zero-order valence-electron chi connectivity index (χ0n) is 23.2. The highest BCUT2D eigenvalue weighted by molar-refractivity contribution is 6.29. The maximum Gasteiger partial charge on any atom is 0.388 e. The third kappa shape index (κ3) is 6.69. The van der Waals surface area contributed by atoms with Gasteiger partial charge in [-0.25, -0.2) is 28.5 Å². The third-order valence-electron chi connectivity index (χ3n) is 7.22. The van der Waals surface area contributed by atoms with E-state index in [1.165, 1.54) is 42.5 Å². The summed E-state index contributed by atoms with van der Waals surface area (Å²) in [7, 11) is 0. The molecule has 0 spiro atoms. The number of nitrogens with zero attached hydrogens (tertiary/aromatic N) is 4. The number of ether oxygens (including phenoxy) is 3. The highest BCUT2D eigenvalue weighted by Crippen LogP contribution is 2.30. The first kappa shape index (κ1) is 30.3. The molecule has 1 N–H and O–H groups in total. The minimum Gasteiger partial charge on any atom is -0.478 e. The van der Waals surface area contributed by atoms with Crippen LogP contribution >= 0.6 is 11.6 Å². The van der Waals surface area contributed by atoms with Crippen molar-refractivity contribution in [1.82, 2.24) is 19.5 Å². The molecular weight excluding hydrogens is 620 g/mol. The summed E-state index contributed by atoms with van der Waals surface area (Å²) in [6, 6.07) is 13.9. The van der Waals surface area contributed by atoms with Crippen molar-refractivity contribution in [3.05, 3.63) is 100.0 Å². The molecule has 1 atom stereocenters. The lowest BCUT2D eigenvalue weighted by atomic mass is 10.0. The van der Waals surface area contributed by atoms with Gasteiger partial charge in [0.2, 0.25) is 11.8 Å². The number of hydrogen-bond acceptors (Lipinski definition) is 7. The van der Waals surface area contributed by atoms with Gasteiger partial charge in [-0.05, 0) is 60.5 Å². The fraction of sp³-hybridized carbons (Fsp3) is 0.226. The number of aromatic carboxylic acids is 1. The van der Waals surface area contributed by atoms with Gasteiger partial charge in [0.15, 0.2) is 0 Å². The molecule has 45 heavy (non-hydrogen) atoms. The van der Waals surface area contributed by atoms with Crippen molar-refractivity contribution in [2.45, 2.75) is 38.7 Å². The van der Waals surface area contributed by atoms with E-state index in [4.69, 9.17) is 21.1 Å². The van der Waals surface area contributed by atoms with Crippen molar-refractivity contribution in [3.63, 3.8) is 0 Å². The van der Waals surface area contributed by atoms with Gasteiger partial charge >= 0.3 is 12.6 Å². The Bertz CT molecular complexity index is 1900. The summed E-state index contributed by atoms with van der Waals surface area (Å²) in [4.78, 5) is 24.1. The van der Waals surface area contributed by atoms with Gasteiger partial charge in [0.1, 0.15) is 29.2 Å². The molecule has 3 aromatic heterocycles. The number of pyridine rings is 2. The Morgan fingerprint density at radius 3 is 2.60 bits per heavy atom. The van der Waals surface area contributed by atoms with Crippen LogP contribution in [0.2, 0.25) is 5.15 Å². The van der Waals surface area contributed by atoms with E-state index in [1.54, 1.807) is 10.6 Å². The van der Waals surface area contributed by atoms with E-state index < -0.39 is 30.1 Å². The number of aromatic nitrogens is 4. The van der Waals surface area contributed by atoms with Gasteiger partial charge in [-0.3, -0.25) is 0 Å². The topological polar surface area (TPSA) is 109 Å². The Hall–Kier alpha value is -4.75. The average molecular weight is 643 g/mol. The van der Waals surface area contributed by atoms with E-state index in [9.17, 15) is 18.7 Å². The van der Waals surface area contributed by atoms with Crippen LogP contribution in [0.5, 0.6) is 11.8 Å². The minimum atomic E-state index is -3.13. The van der Waals surface area contributed by atoms with Gasteiger partial charge in [-0.2, -0.15) is 8.78 Å². The summed E-state index contributed by atoms with van der Waals surface area (Å²) in [5.74, 6) is -2.51. The van der Waals surface area contributed by atoms with Gasteiger partial charge in [0.05, 0.1) is 40.5 Å². The first-order chi connectivity index (χ1) is 21.6. The third-order valence-corrected chi connectivity index (χ3v) is 7.43. The van der Waals surface area contributed by atoms with Crippen molar-refractivity contribution in [2.24, 2.45) is 0 Å². The SMILES string of the molecule is O=C(O)c1ccc2nc(Cc3cc(F)c(-c4cccc(OCc5ccc(Cl)nc5OC(F)F)n4)cc3F)n(CC3CCO3)c2c1. The molecule has 2 aromatic carbocycles. The summed E-state index contributed by atoms with van der Waals surface area (Å²) in [6.45, 7) is -2.39. The summed E-state index contributed by atoms with van der Waals surface area (Å²) in [5.41, 5.74) is 1.31. The molecule has 14 heteroatoms. The van der Waals surface area contributed by atoms with E-state index in [0.717, 1.165) is 18.6 Å². The van der Waals surface area contributed by atoms with Crippen LogP contribution in [0.25, 0.3) is 22.3 Å². The molecule has 6 rings (SSSR count). The summed E-state index contributed by atoms with van der Waals surface area (Å²) in [5, 5.41) is 9.41. The number of alkyl halides is 2. The second kappa shape index (κ2) is 12.7. The normalized spacial score (nSPS) is 14.5. The van der Waals surface area contributed by atoms with Crippen LogP contribution in [0.15, 0.2) is 60.7 Å². The molecular formula is C31H23ClF4N4O5. The van der Waals surface area contributed by atoms with Crippen LogP contribution in [0, 0.1) is 11.6 Å². The van der Waals surface area contributed by atoms with Crippen LogP contribution in [-0.4, -0.2) is 49.9 Å². The molecule has 4 heterocycles. The standard InChI is InChI=1S/C31H23ClF4N4O5/c32-26-7-5-17(29(39-26)45-31(35)36)15-44-28-3-1-2-23(38-28)20-13-21(33)18(10-22(20)34)12-27-37-24-6-4-16(30(41)42)11-25(24)40(27)14-19-8-9-43-19/h1-7,10-11,13,19,31H,8-9,12,14-15H2,(H,41,42). The second-order valence-electron chi connectivity index (χ2n) is 10.2. The molecule has 1 saturated heterocycles. The van der Waals surface area contributed by atoms with E-state index >= 15 is 8.78 Å². The molecule has 5 aromatic rings. The molecule has 232 valence electrons. The van der Waals surface area contributed by atoms with Crippen LogP contribution < -0.4 is 9.47 Å². The molecule has 1 unspecified atom stereocenters. The monoisotopic (exact) mass is 642 g/mol. The minimum absolute atomic E-state index is 0.0157. The van der Waals surface area contributed by atoms with E-state index in [-0.39, 0.29) is 58.1 Å². The van der Waals surface area contributed by atoms with E-state index in [1.807, 2.05) is 0 Å². The first-order valence-electron chi connectivity index (χ1n) is 13.7. The van der Waals surface area contributed by atoms with Crippen LogP contribution in [-0.2, 0) is 24.3 Å². The Morgan fingerprint density at radius 1 is 1.04 bits per heavy atom. The molecule has 0 radical (unpaired) electrons. The molecule has 1 fully saturated rings. The summed E-state index contributed by atoms with van der Waals surface area (Å²) >= 11 is 5.78. The number of benzene rings is 2. The fourth-order valence-electron chi connectivity index (χ4n) is 4.91. The predicted octanol–water partition coefficient (Wildman–Crippen LogP) is 6.68. The zero-order valence-corrected chi connectivity index (χ0v) is 24.0. The molecule has 0 bridgehead atoms. The molecule has 0 amide bonds. The van der Waals surface area contributed by atoms with Crippen molar-refractivity contribution in [1.29, 1.82) is 0 Å². The lowest BCUT2D eigenvalue weighted by molar-refractivity contribution is -0.0590. The lowest BCUT2D eigenvalue weighted by Gasteiger charge is -2.27. The Kier molecular flexibility index (Phi) is 8.55. The van der Waals surface area contributed by atoms with Gasteiger partial charge in [-0.15, -0.1) is 0 Å². The number of carboxylic acids is 1. The Labute approximate surface area is 258 Å². The maximum absolute atomic E-state index is 15.5. The molecule has 1 aliphatic heterocycles. The van der Waals surface area contributed by atoms with Crippen molar-refractivity contribution in [2.75, 3.05) is 6.61 Å². The van der Waals surface area contributed by atoms with E-state index in [2.05, 4.69) is 19.7 Å². The van der Waals surface area contributed by atoms with Gasteiger partial charge < -0.3 is 23.9 Å². The van der Waals surface area contributed by atoms with Gasteiger partial charge in [0, 0.05) is 24.7 Å². The Morgan fingerprint density at radius 2 is 1.87 bits per heavy atom.